The van der Waals surface area contributed by atoms with Gasteiger partial charge in [0.25, 0.3) is 0 Å². The van der Waals surface area contributed by atoms with Crippen molar-refractivity contribution in [1.82, 2.24) is 4.90 Å². The van der Waals surface area contributed by atoms with Crippen molar-refractivity contribution in [2.24, 2.45) is 5.92 Å². The molecule has 30 heavy (non-hydrogen) atoms. The molecule has 7 nitrogen and oxygen atoms in total. The number of benzene rings is 2. The first kappa shape index (κ1) is 21.5. The summed E-state index contributed by atoms with van der Waals surface area (Å²) in [6.45, 7) is 5.47. The van der Waals surface area contributed by atoms with E-state index in [0.717, 1.165) is 17.7 Å². The summed E-state index contributed by atoms with van der Waals surface area (Å²) in [5, 5.41) is 2.89. The Bertz CT molecular complexity index is 891. The third-order valence-electron chi connectivity index (χ3n) is 5.05. The number of nitrogens with zero attached hydrogens (tertiary/aromatic N) is 2. The zero-order valence-electron chi connectivity index (χ0n) is 18.0. The van der Waals surface area contributed by atoms with Gasteiger partial charge in [0, 0.05) is 43.0 Å². The van der Waals surface area contributed by atoms with Crippen molar-refractivity contribution < 1.29 is 19.1 Å². The lowest BCUT2D eigenvalue weighted by atomic mass is 10.1. The zero-order chi connectivity index (χ0) is 21.7. The SMILES string of the molecule is COc1cc(CN2CCCN(c3cccc(NC(=O)C(C)C)c3)C2=O)cc(OC)c1. The van der Waals surface area contributed by atoms with E-state index in [2.05, 4.69) is 5.32 Å². The van der Waals surface area contributed by atoms with Gasteiger partial charge in [-0.2, -0.15) is 0 Å². The number of carbonyl (C=O) groups excluding carboxylic acids is 2. The first-order valence-corrected chi connectivity index (χ1v) is 10.1. The van der Waals surface area contributed by atoms with E-state index in [4.69, 9.17) is 9.47 Å². The second-order valence-electron chi connectivity index (χ2n) is 7.62. The second-order valence-corrected chi connectivity index (χ2v) is 7.62. The molecule has 0 bridgehead atoms. The van der Waals surface area contributed by atoms with Gasteiger partial charge in [0.2, 0.25) is 5.91 Å². The molecule has 0 atom stereocenters. The Labute approximate surface area is 177 Å². The quantitative estimate of drug-likeness (QED) is 0.744. The molecule has 1 fully saturated rings. The summed E-state index contributed by atoms with van der Waals surface area (Å²) in [4.78, 5) is 28.8. The second kappa shape index (κ2) is 9.52. The van der Waals surface area contributed by atoms with Crippen molar-refractivity contribution in [3.8, 4) is 11.5 Å². The van der Waals surface area contributed by atoms with Gasteiger partial charge < -0.3 is 19.7 Å². The number of carbonyl (C=O) groups is 2. The van der Waals surface area contributed by atoms with E-state index >= 15 is 0 Å². The lowest BCUT2D eigenvalue weighted by molar-refractivity contribution is -0.118. The van der Waals surface area contributed by atoms with Crippen molar-refractivity contribution >= 4 is 23.3 Å². The van der Waals surface area contributed by atoms with Crippen LogP contribution in [-0.4, -0.2) is 44.1 Å². The number of amides is 3. The lowest BCUT2D eigenvalue weighted by Crippen LogP contribution is -2.49. The van der Waals surface area contributed by atoms with Gasteiger partial charge in [-0.1, -0.05) is 19.9 Å². The highest BCUT2D eigenvalue weighted by Crippen LogP contribution is 2.27. The fourth-order valence-electron chi connectivity index (χ4n) is 3.38. The molecule has 1 heterocycles. The largest absolute Gasteiger partial charge is 0.497 e. The van der Waals surface area contributed by atoms with Gasteiger partial charge in [0.1, 0.15) is 11.5 Å². The van der Waals surface area contributed by atoms with E-state index in [9.17, 15) is 9.59 Å². The van der Waals surface area contributed by atoms with Gasteiger partial charge in [-0.3, -0.25) is 9.69 Å². The van der Waals surface area contributed by atoms with Crippen LogP contribution in [0.15, 0.2) is 42.5 Å². The third kappa shape index (κ3) is 5.03. The Morgan fingerprint density at radius 2 is 1.77 bits per heavy atom. The fraction of sp³-hybridized carbons (Fsp3) is 0.391. The molecule has 2 aromatic carbocycles. The van der Waals surface area contributed by atoms with Gasteiger partial charge in [0.05, 0.1) is 14.2 Å². The summed E-state index contributed by atoms with van der Waals surface area (Å²) in [5.41, 5.74) is 2.41. The fourth-order valence-corrected chi connectivity index (χ4v) is 3.38. The highest BCUT2D eigenvalue weighted by molar-refractivity contribution is 5.95. The van der Waals surface area contributed by atoms with Crippen LogP contribution in [0.3, 0.4) is 0 Å². The molecule has 2 aromatic rings. The number of hydrogen-bond acceptors (Lipinski definition) is 4. The Morgan fingerprint density at radius 3 is 2.40 bits per heavy atom. The number of methoxy groups -OCH3 is 2. The molecular weight excluding hydrogens is 382 g/mol. The molecule has 0 aromatic heterocycles. The van der Waals surface area contributed by atoms with Crippen molar-refractivity contribution in [2.45, 2.75) is 26.8 Å². The van der Waals surface area contributed by atoms with Crippen LogP contribution in [0.4, 0.5) is 16.2 Å². The summed E-state index contributed by atoms with van der Waals surface area (Å²) in [5.74, 6) is 1.23. The Kier molecular flexibility index (Phi) is 6.82. The molecular formula is C23H29N3O4. The molecule has 0 saturated carbocycles. The Hall–Kier alpha value is -3.22. The summed E-state index contributed by atoms with van der Waals surface area (Å²) in [6.07, 6.45) is 0.857. The van der Waals surface area contributed by atoms with Crippen molar-refractivity contribution in [3.05, 3.63) is 48.0 Å². The molecule has 0 unspecified atom stereocenters. The van der Waals surface area contributed by atoms with Gasteiger partial charge >= 0.3 is 6.03 Å². The van der Waals surface area contributed by atoms with Crippen LogP contribution in [0, 0.1) is 5.92 Å². The van der Waals surface area contributed by atoms with E-state index in [1.54, 1.807) is 19.1 Å². The maximum absolute atomic E-state index is 13.2. The molecule has 1 saturated heterocycles. The standard InChI is InChI=1S/C23H29N3O4/c1-16(2)22(27)24-18-7-5-8-19(13-18)26-10-6-9-25(23(26)28)15-17-11-20(29-3)14-21(12-17)30-4/h5,7-8,11-14,16H,6,9-10,15H2,1-4H3,(H,24,27). The molecule has 160 valence electrons. The van der Waals surface area contributed by atoms with Crippen molar-refractivity contribution in [3.63, 3.8) is 0 Å². The molecule has 0 radical (unpaired) electrons. The van der Waals surface area contributed by atoms with Crippen LogP contribution in [-0.2, 0) is 11.3 Å². The van der Waals surface area contributed by atoms with Gasteiger partial charge in [-0.15, -0.1) is 0 Å². The normalized spacial score (nSPS) is 14.1. The van der Waals surface area contributed by atoms with Crippen LogP contribution in [0.2, 0.25) is 0 Å². The van der Waals surface area contributed by atoms with Crippen LogP contribution in [0.5, 0.6) is 11.5 Å². The minimum atomic E-state index is -0.111. The molecule has 0 spiro atoms. The van der Waals surface area contributed by atoms with Crippen LogP contribution in [0.1, 0.15) is 25.8 Å². The molecule has 1 aliphatic heterocycles. The predicted molar refractivity (Wildman–Crippen MR) is 117 cm³/mol. The van der Waals surface area contributed by atoms with Gasteiger partial charge in [-0.05, 0) is 42.3 Å². The average molecular weight is 412 g/mol. The minimum Gasteiger partial charge on any atom is -0.497 e. The van der Waals surface area contributed by atoms with Crippen molar-refractivity contribution in [1.29, 1.82) is 0 Å². The van der Waals surface area contributed by atoms with Gasteiger partial charge in [0.15, 0.2) is 0 Å². The Morgan fingerprint density at radius 1 is 1.07 bits per heavy atom. The number of rotatable bonds is 7. The lowest BCUT2D eigenvalue weighted by Gasteiger charge is -2.36. The van der Waals surface area contributed by atoms with Gasteiger partial charge in [-0.25, -0.2) is 4.79 Å². The third-order valence-corrected chi connectivity index (χ3v) is 5.05. The summed E-state index contributed by atoms with van der Waals surface area (Å²) < 4.78 is 10.7. The molecule has 3 rings (SSSR count). The maximum atomic E-state index is 13.2. The summed E-state index contributed by atoms with van der Waals surface area (Å²) in [7, 11) is 3.22. The highest BCUT2D eigenvalue weighted by Gasteiger charge is 2.27. The van der Waals surface area contributed by atoms with Crippen molar-refractivity contribution in [2.75, 3.05) is 37.5 Å². The van der Waals surface area contributed by atoms with Crippen LogP contribution in [0.25, 0.3) is 0 Å². The average Bonchev–Trinajstić information content (AvgIpc) is 2.75. The van der Waals surface area contributed by atoms with Crippen LogP contribution < -0.4 is 19.7 Å². The number of ether oxygens (including phenoxy) is 2. The molecule has 7 heteroatoms. The summed E-state index contributed by atoms with van der Waals surface area (Å²) >= 11 is 0. The number of urea groups is 1. The first-order chi connectivity index (χ1) is 14.4. The number of nitrogens with one attached hydrogen (secondary N) is 1. The van der Waals surface area contributed by atoms with E-state index in [0.29, 0.717) is 36.8 Å². The summed E-state index contributed by atoms with van der Waals surface area (Å²) in [6, 6.07) is 13.0. The maximum Gasteiger partial charge on any atom is 0.324 e. The molecule has 0 aliphatic carbocycles. The smallest absolute Gasteiger partial charge is 0.324 e. The van der Waals surface area contributed by atoms with E-state index in [1.165, 1.54) is 0 Å². The zero-order valence-corrected chi connectivity index (χ0v) is 18.0. The Balaban J connectivity index is 1.77. The predicted octanol–water partition coefficient (Wildman–Crippen LogP) is 4.13. The number of hydrogen-bond donors (Lipinski definition) is 1. The molecule has 1 N–H and O–H groups in total. The van der Waals surface area contributed by atoms with E-state index in [-0.39, 0.29) is 17.9 Å². The number of anilines is 2. The van der Waals surface area contributed by atoms with E-state index < -0.39 is 0 Å². The van der Waals surface area contributed by atoms with E-state index in [1.807, 2.05) is 61.2 Å². The highest BCUT2D eigenvalue weighted by atomic mass is 16.5. The van der Waals surface area contributed by atoms with Crippen LogP contribution >= 0.6 is 0 Å². The monoisotopic (exact) mass is 411 g/mol. The topological polar surface area (TPSA) is 71.1 Å². The molecule has 1 aliphatic rings. The molecule has 3 amide bonds. The minimum absolute atomic E-state index is 0.0503. The first-order valence-electron chi connectivity index (χ1n) is 10.1.